The fraction of sp³-hybridized carbons (Fsp3) is 0.326. The molecule has 5 aromatic carbocycles. The van der Waals surface area contributed by atoms with E-state index in [4.69, 9.17) is 103 Å². The van der Waals surface area contributed by atoms with Crippen LogP contribution in [0, 0.1) is 0 Å². The van der Waals surface area contributed by atoms with Gasteiger partial charge in [0.05, 0.1) is 108 Å². The van der Waals surface area contributed by atoms with Crippen LogP contribution >= 0.6 is 66.7 Å². The summed E-state index contributed by atoms with van der Waals surface area (Å²) >= 11 is 25.9. The van der Waals surface area contributed by atoms with Gasteiger partial charge < -0.3 is 83.8 Å². The summed E-state index contributed by atoms with van der Waals surface area (Å²) in [6, 6.07) is 42.2. The molecule has 0 bridgehead atoms. The van der Waals surface area contributed by atoms with Crippen molar-refractivity contribution < 1.29 is 74.6 Å². The number of Topliss-reactive ketones (excluding diaryl/α,β-unsaturated/α-hetero) is 2. The Hall–Kier alpha value is -9.84. The Balaban J connectivity index is 0.000000150. The number of nitrogens with zero attached hydrogens (tertiary/aromatic N) is 5. The molecule has 664 valence electrons. The van der Waals surface area contributed by atoms with Gasteiger partial charge in [0.25, 0.3) is 0 Å². The minimum Gasteiger partial charge on any atom is -0.458 e. The highest BCUT2D eigenvalue weighted by Crippen LogP contribution is 2.42. The van der Waals surface area contributed by atoms with E-state index in [1.165, 1.54) is 18.2 Å². The van der Waals surface area contributed by atoms with E-state index in [-0.39, 0.29) is 71.8 Å². The Bertz CT molecular complexity index is 5760. The average molecular weight is 1920 g/mol. The molecule has 9 N–H and O–H groups in total. The minimum absolute atomic E-state index is 0.0338. The second-order valence-electron chi connectivity index (χ2n) is 33.2. The molecule has 27 nitrogen and oxygen atoms in total. The third kappa shape index (κ3) is 26.5. The molecule has 1 unspecified atom stereocenters. The van der Waals surface area contributed by atoms with Gasteiger partial charge in [0.15, 0.2) is 28.3 Å². The summed E-state index contributed by atoms with van der Waals surface area (Å²) in [7, 11) is -1.42. The van der Waals surface area contributed by atoms with Gasteiger partial charge in [-0.25, -0.2) is 15.0 Å². The first-order valence-electron chi connectivity index (χ1n) is 41.2. The predicted octanol–water partition coefficient (Wildman–Crippen LogP) is 16.2. The topological polar surface area (TPSA) is 358 Å². The van der Waals surface area contributed by atoms with Crippen molar-refractivity contribution in [3.05, 3.63) is 245 Å². The van der Waals surface area contributed by atoms with Crippen LogP contribution < -0.4 is 38.6 Å². The molecule has 5 fully saturated rings. The summed E-state index contributed by atoms with van der Waals surface area (Å²) in [5.41, 5.74) is 22.9. The maximum atomic E-state index is 12.7. The smallest absolute Gasteiger partial charge is 0.458 e. The Morgan fingerprint density at radius 2 is 0.827 bits per heavy atom. The first-order valence-corrected chi connectivity index (χ1v) is 43.9. The first-order chi connectivity index (χ1) is 60.3. The second-order valence-corrected chi connectivity index (χ2v) is 36.3. The van der Waals surface area contributed by atoms with Crippen molar-refractivity contribution in [1.29, 1.82) is 0 Å². The first kappa shape index (κ1) is 96.3. The zero-order valence-corrected chi connectivity index (χ0v) is 77.8. The highest BCUT2D eigenvalue weighted by Gasteiger charge is 2.61. The molecule has 11 heterocycles. The lowest BCUT2D eigenvalue weighted by molar-refractivity contribution is -0.117. The summed E-state index contributed by atoms with van der Waals surface area (Å²) < 4.78 is 65.6. The van der Waals surface area contributed by atoms with Crippen molar-refractivity contribution >= 4 is 191 Å². The number of aromatic nitrogens is 3. The monoisotopic (exact) mass is 1910 g/mol. The number of furan rings is 3. The van der Waals surface area contributed by atoms with Crippen LogP contribution in [0.4, 0.5) is 17.5 Å². The van der Waals surface area contributed by atoms with E-state index in [1.807, 2.05) is 167 Å². The van der Waals surface area contributed by atoms with Crippen molar-refractivity contribution in [1.82, 2.24) is 40.7 Å². The molecule has 5 aliphatic rings. The number of ether oxygens (including phenoxy) is 2. The number of hydrogen-bond acceptors (Lipinski definition) is 24. The molecular formula is C92H101B3Br2Cl3N11O16. The quantitative estimate of drug-likeness (QED) is 0.0221. The number of fused-ring (bicyclic) bond motifs is 3. The molecule has 0 radical (unpaired) electrons. The summed E-state index contributed by atoms with van der Waals surface area (Å²) in [6.45, 7) is 29.8. The van der Waals surface area contributed by atoms with Gasteiger partial charge in [-0.3, -0.25) is 33.8 Å². The molecule has 11 aromatic rings. The molecule has 0 saturated carbocycles. The van der Waals surface area contributed by atoms with Crippen LogP contribution in [-0.4, -0.2) is 175 Å². The Labute approximate surface area is 770 Å². The molecule has 35 heteroatoms. The molecule has 0 aliphatic carbocycles. The molecule has 5 saturated heterocycles. The van der Waals surface area contributed by atoms with Crippen LogP contribution in [0.3, 0.4) is 0 Å². The summed E-state index contributed by atoms with van der Waals surface area (Å²) in [5.74, 6) is 2.59. The van der Waals surface area contributed by atoms with E-state index >= 15 is 0 Å². The number of hydrogen-bond donors (Lipinski definition) is 6. The second kappa shape index (κ2) is 42.6. The average Bonchev–Trinajstić information content (AvgIpc) is 1.61. The van der Waals surface area contributed by atoms with Crippen molar-refractivity contribution in [2.45, 2.75) is 130 Å². The highest BCUT2D eigenvalue weighted by atomic mass is 79.9. The number of nitrogens with two attached hydrogens (primary N) is 3. The van der Waals surface area contributed by atoms with Crippen molar-refractivity contribution in [3.8, 4) is 11.1 Å². The number of amides is 3. The molecule has 0 spiro atoms. The number of nitrogen functional groups attached to an aromatic ring is 3. The van der Waals surface area contributed by atoms with Crippen molar-refractivity contribution in [3.63, 3.8) is 0 Å². The molecule has 1 atom stereocenters. The third-order valence-electron chi connectivity index (χ3n) is 22.3. The van der Waals surface area contributed by atoms with Crippen LogP contribution in [0.25, 0.3) is 62.3 Å². The van der Waals surface area contributed by atoms with Gasteiger partial charge >= 0.3 is 21.1 Å². The van der Waals surface area contributed by atoms with Gasteiger partial charge in [-0.2, -0.15) is 0 Å². The van der Waals surface area contributed by atoms with E-state index in [1.54, 1.807) is 85.3 Å². The lowest BCUT2D eigenvalue weighted by Gasteiger charge is -2.32. The van der Waals surface area contributed by atoms with Crippen LogP contribution in [0.5, 0.6) is 0 Å². The van der Waals surface area contributed by atoms with Crippen molar-refractivity contribution in [2.75, 3.05) is 82.9 Å². The number of pyridine rings is 3. The predicted molar refractivity (Wildman–Crippen MR) is 506 cm³/mol. The van der Waals surface area contributed by atoms with E-state index in [9.17, 15) is 24.0 Å². The maximum Gasteiger partial charge on any atom is 0.494 e. The lowest BCUT2D eigenvalue weighted by atomic mass is 9.49. The maximum absolute atomic E-state index is 12.7. The zero-order valence-electron chi connectivity index (χ0n) is 72.4. The number of carbonyl (C=O) groups is 5. The standard InChI is InChI=1S/C29H27ClN4O4.C23H25BClN3O4.C17H13BrClN3O2.C12H14BrNO2.C11H22B2O4/c30-25-15-22(20-3-5-21(6-4-20)26(35)18-34-9-11-37-12-10-34)13-23-14-24(38-29(23)25)17-33-28(36)8-2-19-1-7-27(31)32-16-19;1-22(2)23(3,4)32-24(31-22)16-9-15-10-17(30-21(15)18(25)11-16)13-28-20(29)8-6-14-5-7-19(26)27-12-14;18-12-5-11-6-13(24-17(11)14(19)7-12)9-22-16(23)4-2-10-1-3-15(20)21-8-10;13-11-3-1-10(2-4-11)12(15)9-14-5-7-16-8-6-14;1-8-9(2,3)15-12(14-8)13-16-10(4,5)11(6,7)17-13/h1-8,13-16H,9-12,17-18H2,(H2,31,32)(H,33,36);5-12H,13H2,1-4H3,(H2,26,27)(H,28,29);1-8H,9H2,(H2,20,21)(H,22,23);1-4H,5-9H2;8H,1-7H3/b8-2+;8-6+;4-2+;;. The van der Waals surface area contributed by atoms with Crippen molar-refractivity contribution in [2.24, 2.45) is 0 Å². The Morgan fingerprint density at radius 1 is 0.449 bits per heavy atom. The van der Waals surface area contributed by atoms with Gasteiger partial charge in [-0.15, -0.1) is 0 Å². The Kier molecular flexibility index (Phi) is 32.3. The largest absolute Gasteiger partial charge is 0.494 e. The number of ketones is 2. The fourth-order valence-corrected chi connectivity index (χ4v) is 15.0. The van der Waals surface area contributed by atoms with E-state index in [0.29, 0.717) is 98.4 Å². The summed E-state index contributed by atoms with van der Waals surface area (Å²) in [5, 5.41) is 12.3. The number of nitrogens with one attached hydrogen (secondary N) is 3. The fourth-order valence-electron chi connectivity index (χ4n) is 13.3. The van der Waals surface area contributed by atoms with Crippen LogP contribution in [-0.2, 0) is 71.4 Å². The third-order valence-corrected chi connectivity index (χ3v) is 24.1. The van der Waals surface area contributed by atoms with Gasteiger partial charge in [0.1, 0.15) is 34.7 Å². The SMILES string of the molecule is CC1(C)OB(c2cc(Cl)c3oc(CNC(=O)/C=C/c4ccc(N)nc4)cc3c2)OC1(C)C.CC1OB(B2OC(C)(C)C(C)(C)O2)OC1(C)C.Nc1ccc(/C=C/C(=O)NCc2cc3cc(-c4ccc(C(=O)CN5CCOCC5)cc4)cc(Cl)c3o2)cn1.Nc1ccc(/C=C/C(=O)NCc2cc3cc(Br)cc(Cl)c3o2)cn1.O=C(CN1CCOCC1)c1ccc(Br)cc1. The zero-order chi connectivity index (χ0) is 91.1. The molecule has 6 aromatic heterocycles. The molecule has 127 heavy (non-hydrogen) atoms. The van der Waals surface area contributed by atoms with Crippen LogP contribution in [0.1, 0.15) is 131 Å². The van der Waals surface area contributed by atoms with Gasteiger partial charge in [0.2, 0.25) is 17.7 Å². The van der Waals surface area contributed by atoms with Crippen LogP contribution in [0.15, 0.2) is 199 Å². The molecule has 5 aliphatic heterocycles. The number of rotatable bonds is 21. The molecule has 3 amide bonds. The van der Waals surface area contributed by atoms with Gasteiger partial charge in [0, 0.05) is 99.2 Å². The summed E-state index contributed by atoms with van der Waals surface area (Å²) in [4.78, 5) is 77.0. The molecular weight excluding hydrogens is 1810 g/mol. The Morgan fingerprint density at radius 3 is 1.22 bits per heavy atom. The molecule has 16 rings (SSSR count). The minimum atomic E-state index is -0.520. The normalized spacial score (nSPS) is 17.5. The van der Waals surface area contributed by atoms with Gasteiger partial charge in [-0.05, 0) is 225 Å². The van der Waals surface area contributed by atoms with Gasteiger partial charge in [-0.1, -0.05) is 109 Å². The number of anilines is 3. The lowest BCUT2D eigenvalue weighted by Crippen LogP contribution is -2.41. The van der Waals surface area contributed by atoms with E-state index in [2.05, 4.69) is 72.6 Å². The highest BCUT2D eigenvalue weighted by molar-refractivity contribution is 9.10. The number of carbonyl (C=O) groups excluding carboxylic acids is 5. The number of benzene rings is 5. The number of halogens is 5. The van der Waals surface area contributed by atoms with Crippen LogP contribution in [0.2, 0.25) is 15.1 Å². The number of morpholine rings is 2. The summed E-state index contributed by atoms with van der Waals surface area (Å²) in [6.07, 6.45) is 14.1. The van der Waals surface area contributed by atoms with E-state index < -0.39 is 32.3 Å². The van der Waals surface area contributed by atoms with E-state index in [0.717, 1.165) is 103 Å².